The van der Waals surface area contributed by atoms with E-state index in [0.717, 1.165) is 46.8 Å². The molecule has 0 aliphatic carbocycles. The van der Waals surface area contributed by atoms with Crippen molar-refractivity contribution in [1.29, 1.82) is 0 Å². The van der Waals surface area contributed by atoms with Gasteiger partial charge in [-0.25, -0.2) is 0 Å². The monoisotopic (exact) mass is 323 g/mol. The van der Waals surface area contributed by atoms with E-state index in [0.29, 0.717) is 6.79 Å². The predicted octanol–water partition coefficient (Wildman–Crippen LogP) is 3.10. The minimum absolute atomic E-state index is 0.303. The zero-order valence-electron chi connectivity index (χ0n) is 10.3. The Kier molecular flexibility index (Phi) is 3.75. The second kappa shape index (κ2) is 5.67. The van der Waals surface area contributed by atoms with Gasteiger partial charge < -0.3 is 19.2 Å². The van der Waals surface area contributed by atoms with E-state index in [1.54, 1.807) is 6.26 Å². The quantitative estimate of drug-likeness (QED) is 0.859. The maximum Gasteiger partial charge on any atom is 0.231 e. The van der Waals surface area contributed by atoms with Crippen molar-refractivity contribution in [2.75, 3.05) is 13.3 Å². The first kappa shape index (κ1) is 12.6. The minimum Gasteiger partial charge on any atom is -0.469 e. The molecule has 3 rings (SSSR count). The number of nitrogens with one attached hydrogen (secondary N) is 1. The molecule has 0 atom stereocenters. The van der Waals surface area contributed by atoms with Gasteiger partial charge in [-0.3, -0.25) is 0 Å². The molecule has 0 radical (unpaired) electrons. The summed E-state index contributed by atoms with van der Waals surface area (Å²) in [7, 11) is 0. The topological polar surface area (TPSA) is 43.6 Å². The fourth-order valence-corrected chi connectivity index (χ4v) is 2.45. The predicted molar refractivity (Wildman–Crippen MR) is 74.4 cm³/mol. The van der Waals surface area contributed by atoms with Gasteiger partial charge in [0, 0.05) is 24.0 Å². The highest BCUT2D eigenvalue weighted by atomic mass is 79.9. The molecule has 0 unspecified atom stereocenters. The number of ether oxygens (including phenoxy) is 2. The number of fused-ring (bicyclic) bond motifs is 1. The average Bonchev–Trinajstić information content (AvgIpc) is 3.05. The van der Waals surface area contributed by atoms with Crippen molar-refractivity contribution in [2.45, 2.75) is 13.0 Å². The van der Waals surface area contributed by atoms with Crippen LogP contribution in [0.1, 0.15) is 11.3 Å². The molecule has 0 saturated heterocycles. The van der Waals surface area contributed by atoms with E-state index in [-0.39, 0.29) is 0 Å². The Balaban J connectivity index is 1.55. The van der Waals surface area contributed by atoms with Crippen molar-refractivity contribution < 1.29 is 13.9 Å². The molecule has 4 nitrogen and oxygen atoms in total. The molecular formula is C14H14BrNO3. The van der Waals surface area contributed by atoms with Crippen molar-refractivity contribution in [2.24, 2.45) is 0 Å². The molecule has 19 heavy (non-hydrogen) atoms. The highest BCUT2D eigenvalue weighted by Crippen LogP contribution is 2.36. The zero-order valence-corrected chi connectivity index (χ0v) is 11.9. The van der Waals surface area contributed by atoms with Gasteiger partial charge in [0.25, 0.3) is 0 Å². The summed E-state index contributed by atoms with van der Waals surface area (Å²) in [4.78, 5) is 0. The third-order valence-electron chi connectivity index (χ3n) is 2.99. The summed E-state index contributed by atoms with van der Waals surface area (Å²) in [5, 5.41) is 3.39. The summed E-state index contributed by atoms with van der Waals surface area (Å²) in [6.07, 6.45) is 2.58. The van der Waals surface area contributed by atoms with E-state index < -0.39 is 0 Å². The van der Waals surface area contributed by atoms with Crippen LogP contribution in [0.3, 0.4) is 0 Å². The first-order valence-electron chi connectivity index (χ1n) is 6.14. The fraction of sp³-hybridized carbons (Fsp3) is 0.286. The minimum atomic E-state index is 0.303. The van der Waals surface area contributed by atoms with Crippen LogP contribution >= 0.6 is 15.9 Å². The molecule has 1 N–H and O–H groups in total. The average molecular weight is 324 g/mol. The van der Waals surface area contributed by atoms with E-state index in [1.807, 2.05) is 24.3 Å². The van der Waals surface area contributed by atoms with Gasteiger partial charge in [-0.1, -0.05) is 15.9 Å². The van der Waals surface area contributed by atoms with Crippen molar-refractivity contribution in [1.82, 2.24) is 5.32 Å². The van der Waals surface area contributed by atoms with Crippen LogP contribution in [0.2, 0.25) is 0 Å². The molecule has 0 bridgehead atoms. The fourth-order valence-electron chi connectivity index (χ4n) is 1.98. The van der Waals surface area contributed by atoms with Crippen molar-refractivity contribution >= 4 is 15.9 Å². The van der Waals surface area contributed by atoms with Crippen LogP contribution in [0.25, 0.3) is 0 Å². The van der Waals surface area contributed by atoms with Gasteiger partial charge in [0.15, 0.2) is 11.5 Å². The van der Waals surface area contributed by atoms with Crippen LogP contribution in [0.4, 0.5) is 0 Å². The lowest BCUT2D eigenvalue weighted by molar-refractivity contribution is 0.174. The second-order valence-corrected chi connectivity index (χ2v) is 5.16. The lowest BCUT2D eigenvalue weighted by atomic mass is 10.2. The maximum absolute atomic E-state index is 5.37. The van der Waals surface area contributed by atoms with Gasteiger partial charge in [-0.2, -0.15) is 0 Å². The van der Waals surface area contributed by atoms with Gasteiger partial charge in [0.1, 0.15) is 5.76 Å². The zero-order chi connectivity index (χ0) is 13.1. The molecule has 1 aliphatic heterocycles. The molecule has 100 valence electrons. The summed E-state index contributed by atoms with van der Waals surface area (Å²) < 4.78 is 17.0. The Morgan fingerprint density at radius 2 is 2.05 bits per heavy atom. The highest BCUT2D eigenvalue weighted by Gasteiger charge is 2.15. The summed E-state index contributed by atoms with van der Waals surface area (Å²) in [5.41, 5.74) is 1.16. The van der Waals surface area contributed by atoms with Gasteiger partial charge in [-0.05, 0) is 29.8 Å². The number of halogens is 1. The van der Waals surface area contributed by atoms with E-state index in [9.17, 15) is 0 Å². The molecule has 1 aliphatic rings. The third-order valence-corrected chi connectivity index (χ3v) is 3.72. The Labute approximate surface area is 119 Å². The number of benzene rings is 1. The van der Waals surface area contributed by atoms with Crippen LogP contribution in [0.5, 0.6) is 11.5 Å². The molecule has 5 heteroatoms. The molecule has 0 spiro atoms. The number of furan rings is 1. The van der Waals surface area contributed by atoms with Crippen LogP contribution in [-0.2, 0) is 13.0 Å². The Bertz CT molecular complexity index is 554. The van der Waals surface area contributed by atoms with E-state index in [1.165, 1.54) is 0 Å². The summed E-state index contributed by atoms with van der Waals surface area (Å²) >= 11 is 3.55. The van der Waals surface area contributed by atoms with Gasteiger partial charge in [0.05, 0.1) is 6.26 Å². The SMILES string of the molecule is Brc1cc2c(cc1CNCCc1ccco1)OCO2. The number of hydrogen-bond donors (Lipinski definition) is 1. The largest absolute Gasteiger partial charge is 0.469 e. The molecule has 1 aromatic heterocycles. The lowest BCUT2D eigenvalue weighted by Crippen LogP contribution is -2.16. The van der Waals surface area contributed by atoms with Gasteiger partial charge in [-0.15, -0.1) is 0 Å². The van der Waals surface area contributed by atoms with Gasteiger partial charge >= 0.3 is 0 Å². The third kappa shape index (κ3) is 2.93. The van der Waals surface area contributed by atoms with Crippen LogP contribution < -0.4 is 14.8 Å². The first-order valence-corrected chi connectivity index (χ1v) is 6.93. The molecule has 2 aromatic rings. The van der Waals surface area contributed by atoms with Crippen LogP contribution in [0.15, 0.2) is 39.4 Å². The second-order valence-electron chi connectivity index (χ2n) is 4.30. The molecule has 0 fully saturated rings. The maximum atomic E-state index is 5.37. The lowest BCUT2D eigenvalue weighted by Gasteiger charge is -2.07. The smallest absolute Gasteiger partial charge is 0.231 e. The molecule has 1 aromatic carbocycles. The Morgan fingerprint density at radius 3 is 2.84 bits per heavy atom. The molecular weight excluding hydrogens is 310 g/mol. The van der Waals surface area contributed by atoms with Crippen LogP contribution in [-0.4, -0.2) is 13.3 Å². The van der Waals surface area contributed by atoms with E-state index >= 15 is 0 Å². The number of rotatable bonds is 5. The Hall–Kier alpha value is -1.46. The summed E-state index contributed by atoms with van der Waals surface area (Å²) in [6, 6.07) is 7.85. The highest BCUT2D eigenvalue weighted by molar-refractivity contribution is 9.10. The summed E-state index contributed by atoms with van der Waals surface area (Å²) in [6.45, 7) is 1.95. The standard InChI is InChI=1S/C14H14BrNO3/c15-12-7-14-13(18-9-19-14)6-10(12)8-16-4-3-11-2-1-5-17-11/h1-2,5-7,16H,3-4,8-9H2. The number of hydrogen-bond acceptors (Lipinski definition) is 4. The van der Waals surface area contributed by atoms with E-state index in [2.05, 4.69) is 21.2 Å². The molecule has 0 amide bonds. The molecule has 2 heterocycles. The first-order chi connectivity index (χ1) is 9.33. The Morgan fingerprint density at radius 1 is 1.21 bits per heavy atom. The van der Waals surface area contributed by atoms with Crippen molar-refractivity contribution in [3.8, 4) is 11.5 Å². The van der Waals surface area contributed by atoms with Crippen LogP contribution in [0, 0.1) is 0 Å². The van der Waals surface area contributed by atoms with E-state index in [4.69, 9.17) is 13.9 Å². The van der Waals surface area contributed by atoms with Crippen molar-refractivity contribution in [3.05, 3.63) is 46.3 Å². The normalized spacial score (nSPS) is 12.9. The van der Waals surface area contributed by atoms with Crippen molar-refractivity contribution in [3.63, 3.8) is 0 Å². The molecule has 0 saturated carbocycles. The van der Waals surface area contributed by atoms with Gasteiger partial charge in [0.2, 0.25) is 6.79 Å². The summed E-state index contributed by atoms with van der Waals surface area (Å²) in [5.74, 6) is 2.61.